The van der Waals surface area contributed by atoms with Gasteiger partial charge in [0.2, 0.25) is 5.91 Å². The highest BCUT2D eigenvalue weighted by molar-refractivity contribution is 7.13. The molecule has 3 aromatic rings. The smallest absolute Gasteiger partial charge is 0.233 e. The van der Waals surface area contributed by atoms with Crippen molar-refractivity contribution in [2.75, 3.05) is 19.0 Å². The number of hydrogen-bond donors (Lipinski definition) is 1. The SMILES string of the molecule is COc1ccc(C(C)(C)C(=O)N2CCCC2c2cccc(Nc3nc(C)cs3)n2)cc1. The number of anilines is 2. The molecule has 6 nitrogen and oxygen atoms in total. The third kappa shape index (κ3) is 4.42. The van der Waals surface area contributed by atoms with Gasteiger partial charge in [-0.1, -0.05) is 18.2 Å². The molecule has 4 rings (SSSR count). The summed E-state index contributed by atoms with van der Waals surface area (Å²) in [4.78, 5) is 24.9. The number of ether oxygens (including phenoxy) is 1. The van der Waals surface area contributed by atoms with Crippen LogP contribution >= 0.6 is 11.3 Å². The van der Waals surface area contributed by atoms with Crippen LogP contribution in [-0.2, 0) is 10.2 Å². The highest BCUT2D eigenvalue weighted by Gasteiger charge is 2.39. The van der Waals surface area contributed by atoms with E-state index in [1.165, 1.54) is 0 Å². The fraction of sp³-hybridized carbons (Fsp3) is 0.375. The Labute approximate surface area is 187 Å². The van der Waals surface area contributed by atoms with Crippen LogP contribution in [0.3, 0.4) is 0 Å². The van der Waals surface area contributed by atoms with Gasteiger partial charge in [0.15, 0.2) is 5.13 Å². The number of nitrogens with zero attached hydrogens (tertiary/aromatic N) is 3. The lowest BCUT2D eigenvalue weighted by Crippen LogP contribution is -2.43. The van der Waals surface area contributed by atoms with E-state index in [-0.39, 0.29) is 11.9 Å². The molecule has 0 bridgehead atoms. The molecule has 1 unspecified atom stereocenters. The van der Waals surface area contributed by atoms with Gasteiger partial charge in [0, 0.05) is 11.9 Å². The topological polar surface area (TPSA) is 67.3 Å². The summed E-state index contributed by atoms with van der Waals surface area (Å²) < 4.78 is 5.26. The number of likely N-dealkylation sites (tertiary alicyclic amines) is 1. The van der Waals surface area contributed by atoms with Crippen LogP contribution in [0, 0.1) is 6.92 Å². The Kier molecular flexibility index (Phi) is 5.96. The van der Waals surface area contributed by atoms with Crippen LogP contribution in [0.5, 0.6) is 5.75 Å². The number of methoxy groups -OCH3 is 1. The van der Waals surface area contributed by atoms with Crippen molar-refractivity contribution in [1.29, 1.82) is 0 Å². The number of hydrogen-bond acceptors (Lipinski definition) is 6. The Morgan fingerprint density at radius 1 is 1.19 bits per heavy atom. The molecule has 7 heteroatoms. The van der Waals surface area contributed by atoms with Crippen LogP contribution in [0.25, 0.3) is 0 Å². The summed E-state index contributed by atoms with van der Waals surface area (Å²) in [5.41, 5.74) is 2.24. The fourth-order valence-electron chi connectivity index (χ4n) is 4.04. The molecular formula is C24H28N4O2S. The van der Waals surface area contributed by atoms with Gasteiger partial charge in [0.1, 0.15) is 11.6 Å². The Balaban J connectivity index is 1.55. The van der Waals surface area contributed by atoms with Crippen LogP contribution < -0.4 is 10.1 Å². The van der Waals surface area contributed by atoms with Crippen molar-refractivity contribution in [3.05, 3.63) is 64.8 Å². The van der Waals surface area contributed by atoms with E-state index in [4.69, 9.17) is 9.72 Å². The van der Waals surface area contributed by atoms with E-state index in [0.29, 0.717) is 0 Å². The maximum atomic E-state index is 13.6. The van der Waals surface area contributed by atoms with E-state index in [1.807, 2.05) is 73.5 Å². The number of pyridine rings is 1. The van der Waals surface area contributed by atoms with Crippen molar-refractivity contribution in [2.24, 2.45) is 0 Å². The number of nitrogens with one attached hydrogen (secondary N) is 1. The van der Waals surface area contributed by atoms with Crippen LogP contribution in [0.15, 0.2) is 47.8 Å². The average molecular weight is 437 g/mol. The largest absolute Gasteiger partial charge is 0.497 e. The van der Waals surface area contributed by atoms with Crippen molar-refractivity contribution in [2.45, 2.75) is 45.1 Å². The van der Waals surface area contributed by atoms with Gasteiger partial charge < -0.3 is 15.0 Å². The first-order chi connectivity index (χ1) is 14.9. The Morgan fingerprint density at radius 2 is 1.97 bits per heavy atom. The Bertz CT molecular complexity index is 1060. The molecule has 0 radical (unpaired) electrons. The maximum absolute atomic E-state index is 13.6. The minimum absolute atomic E-state index is 0.0233. The van der Waals surface area contributed by atoms with Crippen molar-refractivity contribution in [3.63, 3.8) is 0 Å². The van der Waals surface area contributed by atoms with Gasteiger partial charge in [0.05, 0.1) is 30.0 Å². The second-order valence-corrected chi connectivity index (χ2v) is 9.23. The summed E-state index contributed by atoms with van der Waals surface area (Å²) in [7, 11) is 1.64. The lowest BCUT2D eigenvalue weighted by atomic mass is 9.83. The average Bonchev–Trinajstić information content (AvgIpc) is 3.42. The molecule has 162 valence electrons. The number of aromatic nitrogens is 2. The van der Waals surface area contributed by atoms with Crippen molar-refractivity contribution >= 4 is 28.2 Å². The summed E-state index contributed by atoms with van der Waals surface area (Å²) in [5, 5.41) is 6.11. The number of rotatable bonds is 6. The van der Waals surface area contributed by atoms with Gasteiger partial charge in [-0.15, -0.1) is 11.3 Å². The summed E-state index contributed by atoms with van der Waals surface area (Å²) in [6, 6.07) is 13.7. The number of amides is 1. The van der Waals surface area contributed by atoms with Gasteiger partial charge in [-0.25, -0.2) is 9.97 Å². The highest BCUT2D eigenvalue weighted by atomic mass is 32.1. The first kappa shape index (κ1) is 21.3. The molecule has 1 atom stereocenters. The molecule has 1 fully saturated rings. The molecule has 1 saturated heterocycles. The van der Waals surface area contributed by atoms with Crippen LogP contribution in [-0.4, -0.2) is 34.4 Å². The quantitative estimate of drug-likeness (QED) is 0.572. The number of benzene rings is 1. The lowest BCUT2D eigenvalue weighted by Gasteiger charge is -2.33. The van der Waals surface area contributed by atoms with E-state index in [1.54, 1.807) is 18.4 Å². The first-order valence-electron chi connectivity index (χ1n) is 10.5. The van der Waals surface area contributed by atoms with Crippen LogP contribution in [0.2, 0.25) is 0 Å². The predicted molar refractivity (Wildman–Crippen MR) is 124 cm³/mol. The molecule has 1 aromatic carbocycles. The fourth-order valence-corrected chi connectivity index (χ4v) is 4.73. The molecule has 0 spiro atoms. The van der Waals surface area contributed by atoms with E-state index in [9.17, 15) is 4.79 Å². The number of carbonyl (C=O) groups excluding carboxylic acids is 1. The number of aryl methyl sites for hydroxylation is 1. The van der Waals surface area contributed by atoms with Gasteiger partial charge in [0.25, 0.3) is 0 Å². The maximum Gasteiger partial charge on any atom is 0.233 e. The van der Waals surface area contributed by atoms with E-state index < -0.39 is 5.41 Å². The molecular weight excluding hydrogens is 408 g/mol. The summed E-state index contributed by atoms with van der Waals surface area (Å²) >= 11 is 1.56. The first-order valence-corrected chi connectivity index (χ1v) is 11.4. The van der Waals surface area contributed by atoms with E-state index >= 15 is 0 Å². The molecule has 2 aromatic heterocycles. The molecule has 31 heavy (non-hydrogen) atoms. The second kappa shape index (κ2) is 8.67. The zero-order chi connectivity index (χ0) is 22.0. The summed E-state index contributed by atoms with van der Waals surface area (Å²) in [6.07, 6.45) is 1.89. The summed E-state index contributed by atoms with van der Waals surface area (Å²) in [5.74, 6) is 1.66. The van der Waals surface area contributed by atoms with Gasteiger partial charge in [-0.2, -0.15) is 0 Å². The van der Waals surface area contributed by atoms with Crippen molar-refractivity contribution in [3.8, 4) is 5.75 Å². The number of thiazole rings is 1. The molecule has 1 aliphatic heterocycles. The van der Waals surface area contributed by atoms with Crippen molar-refractivity contribution in [1.82, 2.24) is 14.9 Å². The molecule has 1 amide bonds. The van der Waals surface area contributed by atoms with Crippen molar-refractivity contribution < 1.29 is 9.53 Å². The third-order valence-electron chi connectivity index (χ3n) is 5.83. The Morgan fingerprint density at radius 3 is 2.65 bits per heavy atom. The van der Waals surface area contributed by atoms with Gasteiger partial charge in [-0.3, -0.25) is 4.79 Å². The van der Waals surface area contributed by atoms with Crippen LogP contribution in [0.1, 0.15) is 49.7 Å². The molecule has 1 N–H and O–H groups in total. The Hall–Kier alpha value is -2.93. The second-order valence-electron chi connectivity index (χ2n) is 8.38. The van der Waals surface area contributed by atoms with E-state index in [0.717, 1.165) is 53.0 Å². The molecule has 0 aliphatic carbocycles. The minimum atomic E-state index is -0.636. The third-order valence-corrected chi connectivity index (χ3v) is 6.70. The molecule has 1 aliphatic rings. The van der Waals surface area contributed by atoms with Gasteiger partial charge >= 0.3 is 0 Å². The number of carbonyl (C=O) groups is 1. The van der Waals surface area contributed by atoms with Gasteiger partial charge in [-0.05, 0) is 63.4 Å². The minimum Gasteiger partial charge on any atom is -0.497 e. The van der Waals surface area contributed by atoms with E-state index in [2.05, 4.69) is 10.3 Å². The molecule has 0 saturated carbocycles. The highest BCUT2D eigenvalue weighted by Crippen LogP contribution is 2.37. The monoisotopic (exact) mass is 436 g/mol. The zero-order valence-electron chi connectivity index (χ0n) is 18.4. The predicted octanol–water partition coefficient (Wildman–Crippen LogP) is 5.24. The zero-order valence-corrected chi connectivity index (χ0v) is 19.2. The van der Waals surface area contributed by atoms with Crippen LogP contribution in [0.4, 0.5) is 10.9 Å². The summed E-state index contributed by atoms with van der Waals surface area (Å²) in [6.45, 7) is 6.69. The lowest BCUT2D eigenvalue weighted by molar-refractivity contribution is -0.137. The normalized spacial score (nSPS) is 16.4. The standard InChI is InChI=1S/C24H28N4O2S/c1-16-15-31-23(25-16)27-21-9-5-7-19(26-21)20-8-6-14-28(20)22(29)24(2,3)17-10-12-18(30-4)13-11-17/h5,7,9-13,15,20H,6,8,14H2,1-4H3,(H,25,26,27). The molecule has 3 heterocycles.